The van der Waals surface area contributed by atoms with Crippen molar-refractivity contribution in [3.05, 3.63) is 29.6 Å². The summed E-state index contributed by atoms with van der Waals surface area (Å²) in [5.74, 6) is 0.676. The third-order valence-electron chi connectivity index (χ3n) is 3.71. The Hall–Kier alpha value is -0.890. The smallest absolute Gasteiger partial charge is 0.0916 e. The third kappa shape index (κ3) is 1.91. The molecule has 0 aliphatic heterocycles. The molecule has 1 fully saturated rings. The summed E-state index contributed by atoms with van der Waals surface area (Å²) in [6.45, 7) is 4.25. The molecule has 82 valence electrons. The molecule has 2 unspecified atom stereocenters. The van der Waals surface area contributed by atoms with E-state index in [1.54, 1.807) is 6.20 Å². The van der Waals surface area contributed by atoms with Crippen LogP contribution in [0.15, 0.2) is 18.5 Å². The van der Waals surface area contributed by atoms with Crippen LogP contribution in [0.2, 0.25) is 0 Å². The van der Waals surface area contributed by atoms with E-state index in [1.807, 2.05) is 19.2 Å². The summed E-state index contributed by atoms with van der Waals surface area (Å²) in [4.78, 5) is 4.13. The number of rotatable bonds is 2. The Morgan fingerprint density at radius 2 is 2.40 bits per heavy atom. The summed E-state index contributed by atoms with van der Waals surface area (Å²) < 4.78 is 0. The largest absolute Gasteiger partial charge is 0.385 e. The minimum Gasteiger partial charge on any atom is -0.385 e. The molecule has 0 radical (unpaired) electrons. The van der Waals surface area contributed by atoms with Gasteiger partial charge in [-0.05, 0) is 43.7 Å². The average Bonchev–Trinajstić information content (AvgIpc) is 2.62. The van der Waals surface area contributed by atoms with E-state index in [2.05, 4.69) is 11.9 Å². The summed E-state index contributed by atoms with van der Waals surface area (Å²) in [5.41, 5.74) is 1.57. The first-order valence-electron chi connectivity index (χ1n) is 5.79. The fourth-order valence-electron chi connectivity index (χ4n) is 2.67. The first-order valence-corrected chi connectivity index (χ1v) is 5.79. The van der Waals surface area contributed by atoms with Crippen LogP contribution in [0, 0.1) is 12.8 Å². The van der Waals surface area contributed by atoms with Crippen LogP contribution in [0.5, 0.6) is 0 Å². The van der Waals surface area contributed by atoms with Gasteiger partial charge in [0, 0.05) is 18.0 Å². The van der Waals surface area contributed by atoms with Crippen LogP contribution in [0.25, 0.3) is 0 Å². The van der Waals surface area contributed by atoms with Crippen molar-refractivity contribution >= 4 is 0 Å². The molecule has 1 aliphatic carbocycles. The van der Waals surface area contributed by atoms with Crippen LogP contribution in [-0.2, 0) is 5.60 Å². The maximum Gasteiger partial charge on any atom is 0.0916 e. The van der Waals surface area contributed by atoms with E-state index in [4.69, 9.17) is 0 Å². The second-order valence-corrected chi connectivity index (χ2v) is 4.74. The molecule has 0 bridgehead atoms. The van der Waals surface area contributed by atoms with Crippen molar-refractivity contribution in [1.29, 1.82) is 0 Å². The Morgan fingerprint density at radius 3 is 3.00 bits per heavy atom. The van der Waals surface area contributed by atoms with Gasteiger partial charge in [0.2, 0.25) is 0 Å². The lowest BCUT2D eigenvalue weighted by Crippen LogP contribution is -2.23. The molecule has 0 saturated heterocycles. The van der Waals surface area contributed by atoms with Gasteiger partial charge in [-0.1, -0.05) is 13.3 Å². The maximum atomic E-state index is 10.6. The Balaban J connectivity index is 2.27. The van der Waals surface area contributed by atoms with Crippen molar-refractivity contribution in [3.8, 4) is 0 Å². The minimum atomic E-state index is -0.612. The molecule has 1 saturated carbocycles. The van der Waals surface area contributed by atoms with E-state index in [1.165, 1.54) is 6.42 Å². The average molecular weight is 205 g/mol. The first kappa shape index (κ1) is 10.6. The van der Waals surface area contributed by atoms with E-state index in [9.17, 15) is 5.11 Å². The van der Waals surface area contributed by atoms with Crippen molar-refractivity contribution in [2.45, 2.75) is 45.1 Å². The van der Waals surface area contributed by atoms with Gasteiger partial charge < -0.3 is 5.11 Å². The number of aryl methyl sites for hydroxylation is 1. The molecule has 15 heavy (non-hydrogen) atoms. The highest BCUT2D eigenvalue weighted by molar-refractivity contribution is 5.29. The van der Waals surface area contributed by atoms with E-state index >= 15 is 0 Å². The molecular weight excluding hydrogens is 186 g/mol. The number of nitrogens with zero attached hydrogens (tertiary/aromatic N) is 1. The van der Waals surface area contributed by atoms with Crippen LogP contribution in [0.1, 0.15) is 43.7 Å². The monoisotopic (exact) mass is 205 g/mol. The van der Waals surface area contributed by atoms with Gasteiger partial charge in [0.25, 0.3) is 0 Å². The lowest BCUT2D eigenvalue weighted by molar-refractivity contribution is 0.0388. The second kappa shape index (κ2) is 3.93. The maximum absolute atomic E-state index is 10.6. The van der Waals surface area contributed by atoms with Gasteiger partial charge in [-0.2, -0.15) is 0 Å². The lowest BCUT2D eigenvalue weighted by atomic mass is 9.89. The van der Waals surface area contributed by atoms with E-state index in [0.29, 0.717) is 5.92 Å². The lowest BCUT2D eigenvalue weighted by Gasteiger charge is -2.24. The zero-order chi connectivity index (χ0) is 10.9. The molecule has 2 nitrogen and oxygen atoms in total. The van der Waals surface area contributed by atoms with E-state index in [0.717, 1.165) is 30.4 Å². The summed E-state index contributed by atoms with van der Waals surface area (Å²) in [7, 11) is 0. The van der Waals surface area contributed by atoms with Gasteiger partial charge >= 0.3 is 0 Å². The van der Waals surface area contributed by atoms with Crippen LogP contribution in [0.3, 0.4) is 0 Å². The molecule has 2 rings (SSSR count). The molecule has 0 amide bonds. The number of aliphatic hydroxyl groups is 1. The van der Waals surface area contributed by atoms with Crippen molar-refractivity contribution in [3.63, 3.8) is 0 Å². The molecule has 0 aromatic carbocycles. The zero-order valence-electron chi connectivity index (χ0n) is 9.53. The Kier molecular flexibility index (Phi) is 2.79. The van der Waals surface area contributed by atoms with E-state index < -0.39 is 5.60 Å². The molecule has 1 aliphatic rings. The SMILES string of the molecule is CCC1CCC(O)(c2cnccc2C)C1. The van der Waals surface area contributed by atoms with Gasteiger partial charge in [-0.3, -0.25) is 4.98 Å². The van der Waals surface area contributed by atoms with Crippen molar-refractivity contribution in [1.82, 2.24) is 4.98 Å². The van der Waals surface area contributed by atoms with Gasteiger partial charge in [0.05, 0.1) is 5.60 Å². The molecule has 0 spiro atoms. The summed E-state index contributed by atoms with van der Waals surface area (Å²) in [5, 5.41) is 10.6. The topological polar surface area (TPSA) is 33.1 Å². The van der Waals surface area contributed by atoms with Crippen LogP contribution < -0.4 is 0 Å². The fraction of sp³-hybridized carbons (Fsp3) is 0.615. The highest BCUT2D eigenvalue weighted by Gasteiger charge is 2.38. The minimum absolute atomic E-state index is 0.612. The predicted molar refractivity (Wildman–Crippen MR) is 60.5 cm³/mol. The van der Waals surface area contributed by atoms with Crippen molar-refractivity contribution in [2.24, 2.45) is 5.92 Å². The molecule has 1 N–H and O–H groups in total. The van der Waals surface area contributed by atoms with Gasteiger partial charge in [-0.25, -0.2) is 0 Å². The van der Waals surface area contributed by atoms with Gasteiger partial charge in [0.15, 0.2) is 0 Å². The number of pyridine rings is 1. The molecule has 1 aromatic rings. The highest BCUT2D eigenvalue weighted by atomic mass is 16.3. The van der Waals surface area contributed by atoms with Crippen molar-refractivity contribution in [2.75, 3.05) is 0 Å². The van der Waals surface area contributed by atoms with Crippen LogP contribution in [0.4, 0.5) is 0 Å². The summed E-state index contributed by atoms with van der Waals surface area (Å²) in [6, 6.07) is 1.98. The number of hydrogen-bond acceptors (Lipinski definition) is 2. The number of hydrogen-bond donors (Lipinski definition) is 1. The van der Waals surface area contributed by atoms with Gasteiger partial charge in [-0.15, -0.1) is 0 Å². The first-order chi connectivity index (χ1) is 7.15. The Morgan fingerprint density at radius 1 is 1.60 bits per heavy atom. The highest BCUT2D eigenvalue weighted by Crippen LogP contribution is 2.43. The molecule has 2 atom stereocenters. The number of aromatic nitrogens is 1. The predicted octanol–water partition coefficient (Wildman–Crippen LogP) is 2.79. The van der Waals surface area contributed by atoms with Crippen LogP contribution >= 0.6 is 0 Å². The second-order valence-electron chi connectivity index (χ2n) is 4.74. The zero-order valence-corrected chi connectivity index (χ0v) is 9.53. The molecule has 1 heterocycles. The molecule has 1 aromatic heterocycles. The summed E-state index contributed by atoms with van der Waals surface area (Å²) >= 11 is 0. The standard InChI is InChI=1S/C13H19NO/c1-3-11-4-6-13(15,8-11)12-9-14-7-5-10(12)2/h5,7,9,11,15H,3-4,6,8H2,1-2H3. The quantitative estimate of drug-likeness (QED) is 0.805. The van der Waals surface area contributed by atoms with Crippen molar-refractivity contribution < 1.29 is 5.11 Å². The molecular formula is C13H19NO. The van der Waals surface area contributed by atoms with E-state index in [-0.39, 0.29) is 0 Å². The normalized spacial score (nSPS) is 30.7. The van der Waals surface area contributed by atoms with Gasteiger partial charge in [0.1, 0.15) is 0 Å². The van der Waals surface area contributed by atoms with Crippen LogP contribution in [-0.4, -0.2) is 10.1 Å². The fourth-order valence-corrected chi connectivity index (χ4v) is 2.67. The third-order valence-corrected chi connectivity index (χ3v) is 3.71. The molecule has 2 heteroatoms. The Bertz CT molecular complexity index is 350. The summed E-state index contributed by atoms with van der Waals surface area (Å²) in [6.07, 6.45) is 7.71. The Labute approximate surface area is 91.4 Å².